The summed E-state index contributed by atoms with van der Waals surface area (Å²) >= 11 is 1.40. The zero-order chi connectivity index (χ0) is 13.2. The van der Waals surface area contributed by atoms with E-state index in [-0.39, 0.29) is 5.56 Å². The van der Waals surface area contributed by atoms with E-state index >= 15 is 0 Å². The lowest BCUT2D eigenvalue weighted by atomic mass is 10.2. The summed E-state index contributed by atoms with van der Waals surface area (Å²) in [6.07, 6.45) is 1.61. The second-order valence-electron chi connectivity index (χ2n) is 3.84. The maximum absolute atomic E-state index is 10.9. The molecule has 0 atom stereocenters. The van der Waals surface area contributed by atoms with Gasteiger partial charge in [0.05, 0.1) is 17.6 Å². The molecule has 0 aliphatic rings. The van der Waals surface area contributed by atoms with Crippen molar-refractivity contribution >= 4 is 28.8 Å². The quantitative estimate of drug-likeness (QED) is 0.735. The first-order chi connectivity index (χ1) is 9.22. The fourth-order valence-corrected chi connectivity index (χ4v) is 2.37. The first-order valence-corrected chi connectivity index (χ1v) is 6.50. The van der Waals surface area contributed by atoms with Gasteiger partial charge in [-0.05, 0) is 30.3 Å². The van der Waals surface area contributed by atoms with E-state index < -0.39 is 5.97 Å². The molecule has 0 spiro atoms. The fraction of sp³-hybridized carbons (Fsp3) is 0.0769. The van der Waals surface area contributed by atoms with Gasteiger partial charge in [0.2, 0.25) is 0 Å². The van der Waals surface area contributed by atoms with E-state index in [0.29, 0.717) is 22.1 Å². The van der Waals surface area contributed by atoms with Crippen LogP contribution in [-0.2, 0) is 5.75 Å². The van der Waals surface area contributed by atoms with E-state index in [1.54, 1.807) is 12.3 Å². The van der Waals surface area contributed by atoms with E-state index in [0.717, 1.165) is 5.76 Å². The van der Waals surface area contributed by atoms with Crippen molar-refractivity contribution in [1.29, 1.82) is 0 Å². The summed E-state index contributed by atoms with van der Waals surface area (Å²) in [4.78, 5) is 15.1. The molecule has 2 heterocycles. The zero-order valence-corrected chi connectivity index (χ0v) is 10.5. The highest BCUT2D eigenvalue weighted by molar-refractivity contribution is 7.98. The largest absolute Gasteiger partial charge is 0.478 e. The summed E-state index contributed by atoms with van der Waals surface area (Å²) < 4.78 is 10.7. The number of hydrogen-bond acceptors (Lipinski definition) is 5. The molecule has 96 valence electrons. The average Bonchev–Trinajstić information content (AvgIpc) is 3.04. The highest BCUT2D eigenvalue weighted by Crippen LogP contribution is 2.26. The van der Waals surface area contributed by atoms with Crippen LogP contribution in [0.1, 0.15) is 16.1 Å². The molecule has 3 aromatic rings. The van der Waals surface area contributed by atoms with Crippen LogP contribution in [0.2, 0.25) is 0 Å². The Bertz CT molecular complexity index is 717. The van der Waals surface area contributed by atoms with E-state index in [9.17, 15) is 4.79 Å². The number of fused-ring (bicyclic) bond motifs is 1. The fourth-order valence-electron chi connectivity index (χ4n) is 1.63. The van der Waals surface area contributed by atoms with Crippen LogP contribution >= 0.6 is 11.8 Å². The van der Waals surface area contributed by atoms with Gasteiger partial charge >= 0.3 is 5.97 Å². The van der Waals surface area contributed by atoms with Crippen LogP contribution in [0.4, 0.5) is 0 Å². The van der Waals surface area contributed by atoms with Crippen molar-refractivity contribution in [3.05, 3.63) is 47.9 Å². The summed E-state index contributed by atoms with van der Waals surface area (Å²) in [5.74, 6) is 0.465. The lowest BCUT2D eigenvalue weighted by molar-refractivity contribution is 0.0697. The van der Waals surface area contributed by atoms with Crippen molar-refractivity contribution < 1.29 is 18.7 Å². The Morgan fingerprint density at radius 2 is 2.26 bits per heavy atom. The molecule has 19 heavy (non-hydrogen) atoms. The standard InChI is InChI=1S/C13H9NO4S/c15-12(16)8-3-4-10-11(6-8)18-13(14-10)19-7-9-2-1-5-17-9/h1-6H,7H2,(H,15,16). The van der Waals surface area contributed by atoms with Gasteiger partial charge in [0.25, 0.3) is 5.22 Å². The summed E-state index contributed by atoms with van der Waals surface area (Å²) in [7, 11) is 0. The molecule has 0 bridgehead atoms. The molecular formula is C13H9NO4S. The molecule has 6 heteroatoms. The monoisotopic (exact) mass is 275 g/mol. The number of carboxylic acid groups (broad SMARTS) is 1. The van der Waals surface area contributed by atoms with Gasteiger partial charge in [-0.2, -0.15) is 0 Å². The van der Waals surface area contributed by atoms with Gasteiger partial charge in [0.15, 0.2) is 5.58 Å². The van der Waals surface area contributed by atoms with Crippen LogP contribution in [0.25, 0.3) is 11.1 Å². The predicted octanol–water partition coefficient (Wildman–Crippen LogP) is 3.41. The average molecular weight is 275 g/mol. The molecule has 0 aliphatic heterocycles. The SMILES string of the molecule is O=C(O)c1ccc2nc(SCc3ccco3)oc2c1. The molecule has 0 amide bonds. The summed E-state index contributed by atoms with van der Waals surface area (Å²) in [6, 6.07) is 8.31. The Morgan fingerprint density at radius 3 is 3.00 bits per heavy atom. The maximum atomic E-state index is 10.9. The van der Waals surface area contributed by atoms with Crippen LogP contribution in [0.15, 0.2) is 50.7 Å². The van der Waals surface area contributed by atoms with Crippen molar-refractivity contribution in [3.63, 3.8) is 0 Å². The number of carbonyl (C=O) groups is 1. The topological polar surface area (TPSA) is 76.5 Å². The van der Waals surface area contributed by atoms with Gasteiger partial charge < -0.3 is 13.9 Å². The molecular weight excluding hydrogens is 266 g/mol. The summed E-state index contributed by atoms with van der Waals surface area (Å²) in [5.41, 5.74) is 1.31. The van der Waals surface area contributed by atoms with Crippen molar-refractivity contribution in [2.45, 2.75) is 11.0 Å². The third-order valence-corrected chi connectivity index (χ3v) is 3.38. The molecule has 0 radical (unpaired) electrons. The van der Waals surface area contributed by atoms with Gasteiger partial charge in [0, 0.05) is 0 Å². The van der Waals surface area contributed by atoms with Crippen LogP contribution in [0.3, 0.4) is 0 Å². The molecule has 0 saturated heterocycles. The molecule has 3 rings (SSSR count). The van der Waals surface area contributed by atoms with Gasteiger partial charge in [-0.1, -0.05) is 11.8 Å². The minimum absolute atomic E-state index is 0.186. The second kappa shape index (κ2) is 4.81. The normalized spacial score (nSPS) is 10.9. The minimum Gasteiger partial charge on any atom is -0.478 e. The second-order valence-corrected chi connectivity index (χ2v) is 4.76. The predicted molar refractivity (Wildman–Crippen MR) is 69.2 cm³/mol. The molecule has 2 aromatic heterocycles. The van der Waals surface area contributed by atoms with Gasteiger partial charge in [-0.25, -0.2) is 9.78 Å². The number of nitrogens with zero attached hydrogens (tertiary/aromatic N) is 1. The van der Waals surface area contributed by atoms with Crippen LogP contribution in [-0.4, -0.2) is 16.1 Å². The number of furan rings is 1. The lowest BCUT2D eigenvalue weighted by Gasteiger charge is -1.92. The smallest absolute Gasteiger partial charge is 0.335 e. The summed E-state index contributed by atoms with van der Waals surface area (Å²) in [5, 5.41) is 9.39. The molecule has 5 nitrogen and oxygen atoms in total. The maximum Gasteiger partial charge on any atom is 0.335 e. The molecule has 1 N–H and O–H groups in total. The Morgan fingerprint density at radius 1 is 1.37 bits per heavy atom. The van der Waals surface area contributed by atoms with E-state index in [2.05, 4.69) is 4.98 Å². The van der Waals surface area contributed by atoms with Crippen LogP contribution < -0.4 is 0 Å². The van der Waals surface area contributed by atoms with Crippen molar-refractivity contribution in [1.82, 2.24) is 4.98 Å². The number of hydrogen-bond donors (Lipinski definition) is 1. The van der Waals surface area contributed by atoms with E-state index in [1.165, 1.54) is 23.9 Å². The first-order valence-electron chi connectivity index (χ1n) is 5.51. The zero-order valence-electron chi connectivity index (χ0n) is 9.70. The molecule has 0 aliphatic carbocycles. The number of aromatic nitrogens is 1. The lowest BCUT2D eigenvalue weighted by Crippen LogP contribution is -1.94. The van der Waals surface area contributed by atoms with Crippen LogP contribution in [0.5, 0.6) is 0 Å². The highest BCUT2D eigenvalue weighted by Gasteiger charge is 2.10. The Hall–Kier alpha value is -2.21. The van der Waals surface area contributed by atoms with E-state index in [1.807, 2.05) is 12.1 Å². The van der Waals surface area contributed by atoms with Gasteiger partial charge in [0.1, 0.15) is 11.3 Å². The molecule has 0 fully saturated rings. The Balaban J connectivity index is 1.83. The van der Waals surface area contributed by atoms with Gasteiger partial charge in [-0.15, -0.1) is 0 Å². The third-order valence-electron chi connectivity index (χ3n) is 2.53. The number of benzene rings is 1. The highest BCUT2D eigenvalue weighted by atomic mass is 32.2. The first kappa shape index (κ1) is 11.9. The third kappa shape index (κ3) is 2.48. The Kier molecular flexibility index (Phi) is 3.00. The Labute approximate surface area is 112 Å². The minimum atomic E-state index is -0.983. The van der Waals surface area contributed by atoms with E-state index in [4.69, 9.17) is 13.9 Å². The molecule has 1 aromatic carbocycles. The number of rotatable bonds is 4. The van der Waals surface area contributed by atoms with Crippen molar-refractivity contribution in [3.8, 4) is 0 Å². The van der Waals surface area contributed by atoms with Crippen molar-refractivity contribution in [2.75, 3.05) is 0 Å². The number of thioether (sulfide) groups is 1. The number of carboxylic acids is 1. The van der Waals surface area contributed by atoms with Crippen LogP contribution in [0, 0.1) is 0 Å². The van der Waals surface area contributed by atoms with Gasteiger partial charge in [-0.3, -0.25) is 0 Å². The van der Waals surface area contributed by atoms with Crippen molar-refractivity contribution in [2.24, 2.45) is 0 Å². The number of oxazole rings is 1. The number of aromatic carboxylic acids is 1. The molecule has 0 saturated carbocycles. The summed E-state index contributed by atoms with van der Waals surface area (Å²) in [6.45, 7) is 0. The molecule has 0 unspecified atom stereocenters.